The van der Waals surface area contributed by atoms with E-state index in [1.807, 2.05) is 0 Å². The van der Waals surface area contributed by atoms with E-state index in [4.69, 9.17) is 23.2 Å². The second-order valence-electron chi connectivity index (χ2n) is 5.62. The van der Waals surface area contributed by atoms with Gasteiger partial charge in [0.2, 0.25) is 5.91 Å². The molecule has 0 aromatic heterocycles. The molecule has 1 heterocycles. The highest BCUT2D eigenvalue weighted by Crippen LogP contribution is 2.23. The molecular formula is C15H18Cl2N2O4S. The first kappa shape index (κ1) is 19.0. The lowest BCUT2D eigenvalue weighted by Crippen LogP contribution is -2.44. The van der Waals surface area contributed by atoms with Gasteiger partial charge in [0.25, 0.3) is 5.91 Å². The first-order valence-electron chi connectivity index (χ1n) is 7.46. The molecule has 2 rings (SSSR count). The van der Waals surface area contributed by atoms with Crippen LogP contribution in [0.4, 0.5) is 0 Å². The Kier molecular flexibility index (Phi) is 6.11. The van der Waals surface area contributed by atoms with E-state index in [1.54, 1.807) is 13.0 Å². The van der Waals surface area contributed by atoms with E-state index in [-0.39, 0.29) is 40.9 Å². The number of likely N-dealkylation sites (N-methyl/N-ethyl adjacent to an activating group) is 1. The van der Waals surface area contributed by atoms with E-state index in [2.05, 4.69) is 5.32 Å². The van der Waals surface area contributed by atoms with Gasteiger partial charge in [0.15, 0.2) is 9.84 Å². The second-order valence-corrected chi connectivity index (χ2v) is 8.66. The first-order chi connectivity index (χ1) is 11.2. The summed E-state index contributed by atoms with van der Waals surface area (Å²) in [6.07, 6.45) is 0.404. The van der Waals surface area contributed by atoms with Crippen molar-refractivity contribution in [3.05, 3.63) is 33.8 Å². The average Bonchev–Trinajstić information content (AvgIpc) is 2.85. The molecule has 1 aromatic rings. The zero-order valence-corrected chi connectivity index (χ0v) is 15.4. The lowest BCUT2D eigenvalue weighted by molar-refractivity contribution is -0.122. The molecule has 132 valence electrons. The molecule has 24 heavy (non-hydrogen) atoms. The number of sulfone groups is 1. The summed E-state index contributed by atoms with van der Waals surface area (Å²) in [5.74, 6) is -0.693. The van der Waals surface area contributed by atoms with E-state index < -0.39 is 9.84 Å². The monoisotopic (exact) mass is 392 g/mol. The minimum atomic E-state index is -3.07. The normalized spacial score (nSPS) is 19.0. The van der Waals surface area contributed by atoms with Crippen molar-refractivity contribution < 1.29 is 18.0 Å². The van der Waals surface area contributed by atoms with Crippen LogP contribution in [0.2, 0.25) is 10.0 Å². The number of benzene rings is 1. The summed E-state index contributed by atoms with van der Waals surface area (Å²) in [7, 11) is -3.07. The van der Waals surface area contributed by atoms with Crippen LogP contribution in [-0.4, -0.2) is 55.8 Å². The van der Waals surface area contributed by atoms with Gasteiger partial charge in [0.1, 0.15) is 0 Å². The predicted octanol–water partition coefficient (Wildman–Crippen LogP) is 1.76. The maximum atomic E-state index is 12.5. The minimum absolute atomic E-state index is 0.0500. The van der Waals surface area contributed by atoms with Gasteiger partial charge in [-0.15, -0.1) is 0 Å². The summed E-state index contributed by atoms with van der Waals surface area (Å²) in [5, 5.41) is 3.27. The van der Waals surface area contributed by atoms with Crippen LogP contribution in [-0.2, 0) is 14.6 Å². The van der Waals surface area contributed by atoms with Crippen molar-refractivity contribution in [2.75, 3.05) is 24.6 Å². The summed E-state index contributed by atoms with van der Waals surface area (Å²) < 4.78 is 22.8. The number of hydrogen-bond donors (Lipinski definition) is 1. The highest BCUT2D eigenvalue weighted by atomic mass is 35.5. The Morgan fingerprint density at radius 2 is 2.00 bits per heavy atom. The molecule has 0 spiro atoms. The predicted molar refractivity (Wildman–Crippen MR) is 93.2 cm³/mol. The molecule has 2 amide bonds. The molecule has 1 unspecified atom stereocenters. The Balaban J connectivity index is 1.99. The van der Waals surface area contributed by atoms with Gasteiger partial charge in [-0.05, 0) is 31.5 Å². The third-order valence-corrected chi connectivity index (χ3v) is 6.27. The molecule has 9 heteroatoms. The van der Waals surface area contributed by atoms with Gasteiger partial charge in [-0.25, -0.2) is 8.42 Å². The smallest absolute Gasteiger partial charge is 0.254 e. The van der Waals surface area contributed by atoms with Crippen molar-refractivity contribution >= 4 is 44.9 Å². The highest BCUT2D eigenvalue weighted by Gasteiger charge is 2.29. The highest BCUT2D eigenvalue weighted by molar-refractivity contribution is 7.91. The van der Waals surface area contributed by atoms with Crippen molar-refractivity contribution in [3.8, 4) is 0 Å². The molecular weight excluding hydrogens is 375 g/mol. The maximum Gasteiger partial charge on any atom is 0.254 e. The Morgan fingerprint density at radius 3 is 2.54 bits per heavy atom. The van der Waals surface area contributed by atoms with Crippen molar-refractivity contribution in [2.45, 2.75) is 19.4 Å². The van der Waals surface area contributed by atoms with Crippen molar-refractivity contribution in [1.82, 2.24) is 10.2 Å². The number of rotatable bonds is 5. The Labute approximate surface area is 151 Å². The summed E-state index contributed by atoms with van der Waals surface area (Å²) in [5.41, 5.74) is 0.336. The van der Waals surface area contributed by atoms with E-state index >= 15 is 0 Å². The summed E-state index contributed by atoms with van der Waals surface area (Å²) in [4.78, 5) is 25.9. The maximum absolute atomic E-state index is 12.5. The minimum Gasteiger partial charge on any atom is -0.351 e. The van der Waals surface area contributed by atoms with Gasteiger partial charge < -0.3 is 10.2 Å². The second kappa shape index (κ2) is 7.72. The van der Waals surface area contributed by atoms with E-state index in [0.717, 1.165) is 0 Å². The number of carbonyl (C=O) groups is 2. The number of hydrogen-bond acceptors (Lipinski definition) is 4. The van der Waals surface area contributed by atoms with Gasteiger partial charge in [-0.3, -0.25) is 9.59 Å². The summed E-state index contributed by atoms with van der Waals surface area (Å²) in [6, 6.07) is 4.13. The molecule has 0 saturated carbocycles. The van der Waals surface area contributed by atoms with Gasteiger partial charge in [-0.1, -0.05) is 23.2 Å². The summed E-state index contributed by atoms with van der Waals surface area (Å²) >= 11 is 11.7. The fourth-order valence-electron chi connectivity index (χ4n) is 2.49. The van der Waals surface area contributed by atoms with Crippen LogP contribution in [0, 0.1) is 0 Å². The molecule has 1 saturated heterocycles. The fraction of sp³-hybridized carbons (Fsp3) is 0.467. The van der Waals surface area contributed by atoms with Crippen LogP contribution in [0.15, 0.2) is 18.2 Å². The largest absolute Gasteiger partial charge is 0.351 e. The van der Waals surface area contributed by atoms with E-state index in [1.165, 1.54) is 17.0 Å². The lowest BCUT2D eigenvalue weighted by Gasteiger charge is -2.21. The topological polar surface area (TPSA) is 83.6 Å². The SMILES string of the molecule is CCN(CC(=O)NC1CCS(=O)(=O)C1)C(=O)c1ccc(Cl)c(Cl)c1. The van der Waals surface area contributed by atoms with Crippen LogP contribution in [0.25, 0.3) is 0 Å². The van der Waals surface area contributed by atoms with E-state index in [0.29, 0.717) is 23.6 Å². The zero-order chi connectivity index (χ0) is 17.9. The third kappa shape index (κ3) is 4.84. The average molecular weight is 393 g/mol. The van der Waals surface area contributed by atoms with Crippen molar-refractivity contribution in [1.29, 1.82) is 0 Å². The number of nitrogens with zero attached hydrogens (tertiary/aromatic N) is 1. The quantitative estimate of drug-likeness (QED) is 0.827. The molecule has 1 aliphatic heterocycles. The van der Waals surface area contributed by atoms with Gasteiger partial charge in [-0.2, -0.15) is 0 Å². The molecule has 1 fully saturated rings. The molecule has 0 radical (unpaired) electrons. The van der Waals surface area contributed by atoms with Crippen LogP contribution in [0.1, 0.15) is 23.7 Å². The van der Waals surface area contributed by atoms with Crippen LogP contribution >= 0.6 is 23.2 Å². The lowest BCUT2D eigenvalue weighted by atomic mass is 10.2. The number of carbonyl (C=O) groups excluding carboxylic acids is 2. The van der Waals surface area contributed by atoms with E-state index in [9.17, 15) is 18.0 Å². The molecule has 0 aliphatic carbocycles. The number of amides is 2. The molecule has 6 nitrogen and oxygen atoms in total. The fourth-order valence-corrected chi connectivity index (χ4v) is 4.47. The first-order valence-corrected chi connectivity index (χ1v) is 10.0. The Hall–Kier alpha value is -1.31. The third-order valence-electron chi connectivity index (χ3n) is 3.77. The zero-order valence-electron chi connectivity index (χ0n) is 13.1. The molecule has 1 aromatic carbocycles. The van der Waals surface area contributed by atoms with Crippen molar-refractivity contribution in [3.63, 3.8) is 0 Å². The Morgan fingerprint density at radius 1 is 1.29 bits per heavy atom. The molecule has 0 bridgehead atoms. The molecule has 1 atom stereocenters. The van der Waals surface area contributed by atoms with Crippen LogP contribution in [0.5, 0.6) is 0 Å². The summed E-state index contributed by atoms with van der Waals surface area (Å²) in [6.45, 7) is 1.93. The van der Waals surface area contributed by atoms with Crippen LogP contribution < -0.4 is 5.32 Å². The number of nitrogens with one attached hydrogen (secondary N) is 1. The van der Waals surface area contributed by atoms with Crippen LogP contribution in [0.3, 0.4) is 0 Å². The standard InChI is InChI=1S/C15H18Cl2N2O4S/c1-2-19(15(21)10-3-4-12(16)13(17)7-10)8-14(20)18-11-5-6-24(22,23)9-11/h3-4,7,11H,2,5-6,8-9H2,1H3,(H,18,20). The van der Waals surface area contributed by atoms with Gasteiger partial charge >= 0.3 is 0 Å². The number of halogens is 2. The van der Waals surface area contributed by atoms with Gasteiger partial charge in [0.05, 0.1) is 28.1 Å². The Bertz CT molecular complexity index is 752. The van der Waals surface area contributed by atoms with Gasteiger partial charge in [0, 0.05) is 18.2 Å². The molecule has 1 aliphatic rings. The van der Waals surface area contributed by atoms with Crippen molar-refractivity contribution in [2.24, 2.45) is 0 Å². The molecule has 1 N–H and O–H groups in total.